The van der Waals surface area contributed by atoms with Crippen LogP contribution in [0.3, 0.4) is 0 Å². The maximum atomic E-state index is 3.67. The first kappa shape index (κ1) is 12.1. The third kappa shape index (κ3) is 2.99. The monoisotopic (exact) mass is 215 g/mol. The summed E-state index contributed by atoms with van der Waals surface area (Å²) < 4.78 is 0. The number of hydrogen-bond acceptors (Lipinski definition) is 1. The molecule has 0 aromatic carbocycles. The average molecular weight is 216 g/mol. The SMILES string of the molecule is CC(C)CC=C1CC2CCC(C1)N2.Cl. The van der Waals surface area contributed by atoms with Crippen molar-refractivity contribution in [1.29, 1.82) is 0 Å². The molecule has 2 aliphatic rings. The fourth-order valence-corrected chi connectivity index (χ4v) is 2.51. The molecule has 2 unspecified atom stereocenters. The Morgan fingerprint density at radius 2 is 1.86 bits per heavy atom. The molecule has 82 valence electrons. The molecular weight excluding hydrogens is 194 g/mol. The summed E-state index contributed by atoms with van der Waals surface area (Å²) in [6.45, 7) is 4.60. The van der Waals surface area contributed by atoms with Gasteiger partial charge in [-0.15, -0.1) is 12.4 Å². The van der Waals surface area contributed by atoms with E-state index < -0.39 is 0 Å². The van der Waals surface area contributed by atoms with E-state index in [1.165, 1.54) is 32.1 Å². The third-order valence-corrected chi connectivity index (χ3v) is 3.23. The topological polar surface area (TPSA) is 12.0 Å². The Hall–Kier alpha value is -0.0100. The first-order valence-electron chi connectivity index (χ1n) is 5.68. The van der Waals surface area contributed by atoms with Gasteiger partial charge in [0.2, 0.25) is 0 Å². The second-order valence-electron chi connectivity index (χ2n) is 5.04. The van der Waals surface area contributed by atoms with Crippen molar-refractivity contribution in [3.63, 3.8) is 0 Å². The molecule has 0 aliphatic carbocycles. The molecule has 0 aromatic rings. The Balaban J connectivity index is 0.000000980. The molecule has 0 radical (unpaired) electrons. The number of nitrogens with one attached hydrogen (secondary N) is 1. The van der Waals surface area contributed by atoms with Crippen LogP contribution in [0, 0.1) is 5.92 Å². The summed E-state index contributed by atoms with van der Waals surface area (Å²) in [6, 6.07) is 1.63. The quantitative estimate of drug-likeness (QED) is 0.698. The Morgan fingerprint density at radius 1 is 1.29 bits per heavy atom. The normalized spacial score (nSPS) is 30.4. The van der Waals surface area contributed by atoms with Crippen LogP contribution in [0.4, 0.5) is 0 Å². The smallest absolute Gasteiger partial charge is 0.0107 e. The van der Waals surface area contributed by atoms with Crippen molar-refractivity contribution in [3.8, 4) is 0 Å². The summed E-state index contributed by atoms with van der Waals surface area (Å²) in [4.78, 5) is 0. The van der Waals surface area contributed by atoms with Crippen LogP contribution in [0.1, 0.15) is 46.0 Å². The van der Waals surface area contributed by atoms with E-state index >= 15 is 0 Å². The molecule has 1 nitrogen and oxygen atoms in total. The van der Waals surface area contributed by atoms with Crippen LogP contribution >= 0.6 is 12.4 Å². The van der Waals surface area contributed by atoms with E-state index in [1.54, 1.807) is 5.57 Å². The molecular formula is C12H22ClN. The third-order valence-electron chi connectivity index (χ3n) is 3.23. The summed E-state index contributed by atoms with van der Waals surface area (Å²) in [7, 11) is 0. The molecule has 0 aromatic heterocycles. The predicted molar refractivity (Wildman–Crippen MR) is 64.0 cm³/mol. The molecule has 0 amide bonds. The van der Waals surface area contributed by atoms with Crippen molar-refractivity contribution in [1.82, 2.24) is 5.32 Å². The summed E-state index contributed by atoms with van der Waals surface area (Å²) in [5.74, 6) is 0.819. The van der Waals surface area contributed by atoms with Gasteiger partial charge in [-0.25, -0.2) is 0 Å². The van der Waals surface area contributed by atoms with E-state index in [-0.39, 0.29) is 12.4 Å². The van der Waals surface area contributed by atoms with Gasteiger partial charge in [-0.2, -0.15) is 0 Å². The average Bonchev–Trinajstić information content (AvgIpc) is 2.42. The lowest BCUT2D eigenvalue weighted by Gasteiger charge is -2.23. The fraction of sp³-hybridized carbons (Fsp3) is 0.833. The van der Waals surface area contributed by atoms with E-state index in [0.29, 0.717) is 0 Å². The lowest BCUT2D eigenvalue weighted by atomic mass is 9.96. The molecule has 2 heterocycles. The lowest BCUT2D eigenvalue weighted by Crippen LogP contribution is -2.34. The van der Waals surface area contributed by atoms with Gasteiger partial charge in [-0.05, 0) is 38.0 Å². The van der Waals surface area contributed by atoms with Crippen LogP contribution in [-0.2, 0) is 0 Å². The Labute approximate surface area is 93.8 Å². The summed E-state index contributed by atoms with van der Waals surface area (Å²) in [5.41, 5.74) is 1.72. The van der Waals surface area contributed by atoms with Gasteiger partial charge in [-0.1, -0.05) is 25.5 Å². The molecule has 0 spiro atoms. The van der Waals surface area contributed by atoms with Gasteiger partial charge in [0.25, 0.3) is 0 Å². The Morgan fingerprint density at radius 3 is 2.36 bits per heavy atom. The summed E-state index contributed by atoms with van der Waals surface area (Å²) in [6.07, 6.45) is 9.23. The van der Waals surface area contributed by atoms with Crippen LogP contribution in [0.25, 0.3) is 0 Å². The highest BCUT2D eigenvalue weighted by atomic mass is 35.5. The van der Waals surface area contributed by atoms with Gasteiger partial charge in [0.05, 0.1) is 0 Å². The minimum Gasteiger partial charge on any atom is -0.311 e. The van der Waals surface area contributed by atoms with Crippen LogP contribution in [-0.4, -0.2) is 12.1 Å². The van der Waals surface area contributed by atoms with E-state index in [9.17, 15) is 0 Å². The maximum Gasteiger partial charge on any atom is 0.0107 e. The second-order valence-corrected chi connectivity index (χ2v) is 5.04. The van der Waals surface area contributed by atoms with Gasteiger partial charge in [0.1, 0.15) is 0 Å². The molecule has 2 atom stereocenters. The summed E-state index contributed by atoms with van der Waals surface area (Å²) in [5, 5.41) is 3.67. The van der Waals surface area contributed by atoms with E-state index in [0.717, 1.165) is 18.0 Å². The predicted octanol–water partition coefficient (Wildman–Crippen LogP) is 3.30. The number of allylic oxidation sites excluding steroid dienone is 1. The largest absolute Gasteiger partial charge is 0.311 e. The first-order chi connectivity index (χ1) is 6.24. The van der Waals surface area contributed by atoms with Gasteiger partial charge >= 0.3 is 0 Å². The van der Waals surface area contributed by atoms with E-state index in [2.05, 4.69) is 25.2 Å². The Bertz CT molecular complexity index is 196. The molecule has 2 fully saturated rings. The maximum absolute atomic E-state index is 3.67. The molecule has 2 aliphatic heterocycles. The van der Waals surface area contributed by atoms with E-state index in [1.807, 2.05) is 0 Å². The van der Waals surface area contributed by atoms with Gasteiger partial charge in [0, 0.05) is 12.1 Å². The number of hydrogen-bond donors (Lipinski definition) is 1. The lowest BCUT2D eigenvalue weighted by molar-refractivity contribution is 0.471. The van der Waals surface area contributed by atoms with Crippen molar-refractivity contribution in [3.05, 3.63) is 11.6 Å². The number of rotatable bonds is 2. The molecule has 1 N–H and O–H groups in total. The van der Waals surface area contributed by atoms with Crippen LogP contribution < -0.4 is 5.32 Å². The molecule has 0 saturated carbocycles. The van der Waals surface area contributed by atoms with Gasteiger partial charge < -0.3 is 5.32 Å². The number of fused-ring (bicyclic) bond motifs is 2. The molecule has 2 rings (SSSR count). The molecule has 2 saturated heterocycles. The van der Waals surface area contributed by atoms with Crippen LogP contribution in [0.2, 0.25) is 0 Å². The van der Waals surface area contributed by atoms with Crippen molar-refractivity contribution in [2.24, 2.45) is 5.92 Å². The summed E-state index contributed by atoms with van der Waals surface area (Å²) >= 11 is 0. The van der Waals surface area contributed by atoms with E-state index in [4.69, 9.17) is 0 Å². The minimum atomic E-state index is 0. The van der Waals surface area contributed by atoms with Crippen molar-refractivity contribution >= 4 is 12.4 Å². The molecule has 2 heteroatoms. The zero-order valence-electron chi connectivity index (χ0n) is 9.25. The molecule has 2 bridgehead atoms. The fourth-order valence-electron chi connectivity index (χ4n) is 2.51. The Kier molecular flexibility index (Phi) is 4.46. The second kappa shape index (κ2) is 5.18. The van der Waals surface area contributed by atoms with Gasteiger partial charge in [0.15, 0.2) is 0 Å². The van der Waals surface area contributed by atoms with Crippen LogP contribution in [0.5, 0.6) is 0 Å². The standard InChI is InChI=1S/C12H21N.ClH/c1-9(2)3-4-10-7-11-5-6-12(8-10)13-11;/h4,9,11-13H,3,5-8H2,1-2H3;1H. The zero-order valence-corrected chi connectivity index (χ0v) is 10.1. The number of halogens is 1. The minimum absolute atomic E-state index is 0. The first-order valence-corrected chi connectivity index (χ1v) is 5.68. The van der Waals surface area contributed by atoms with Crippen molar-refractivity contribution in [2.45, 2.75) is 58.0 Å². The van der Waals surface area contributed by atoms with Crippen LogP contribution in [0.15, 0.2) is 11.6 Å². The van der Waals surface area contributed by atoms with Gasteiger partial charge in [-0.3, -0.25) is 0 Å². The highest BCUT2D eigenvalue weighted by Crippen LogP contribution is 2.30. The van der Waals surface area contributed by atoms with Crippen molar-refractivity contribution in [2.75, 3.05) is 0 Å². The highest BCUT2D eigenvalue weighted by Gasteiger charge is 2.29. The highest BCUT2D eigenvalue weighted by molar-refractivity contribution is 5.85. The zero-order chi connectivity index (χ0) is 9.26. The van der Waals surface area contributed by atoms with Crippen molar-refractivity contribution < 1.29 is 0 Å². The molecule has 14 heavy (non-hydrogen) atoms. The number of piperidine rings is 1.